The van der Waals surface area contributed by atoms with Gasteiger partial charge in [-0.05, 0) is 121 Å². The Morgan fingerprint density at radius 2 is 1.04 bits per heavy atom. The standard InChI is InChI=1S/C46H34N4O7/c1-49(2)37-9-5-29-21-31(45(51)56-43(29)25-37)7-15-41-23-33(34(27-47)28-48)24-42(55-41)16-8-32-22-30-6-10-38(26-44(30)57-46(32)52)50(35-11-17-39(53-3)18-12-35)36-13-19-40(54-4)20-14-36/h5-26H,1-4H3/b15-7+,16-8+. The van der Waals surface area contributed by atoms with Crippen molar-refractivity contribution in [3.63, 3.8) is 0 Å². The van der Waals surface area contributed by atoms with Crippen LogP contribution in [0.1, 0.15) is 11.1 Å². The Balaban J connectivity index is 1.18. The van der Waals surface area contributed by atoms with Crippen molar-refractivity contribution in [1.29, 1.82) is 10.5 Å². The van der Waals surface area contributed by atoms with Gasteiger partial charge in [0.05, 0.1) is 25.3 Å². The summed E-state index contributed by atoms with van der Waals surface area (Å²) in [5, 5.41) is 20.7. The van der Waals surface area contributed by atoms with Crippen LogP contribution >= 0.6 is 0 Å². The normalized spacial score (nSPS) is 12.5. The van der Waals surface area contributed by atoms with Crippen LogP contribution in [0.5, 0.6) is 11.5 Å². The maximum atomic E-state index is 13.4. The Morgan fingerprint density at radius 1 is 0.596 bits per heavy atom. The lowest BCUT2D eigenvalue weighted by atomic mass is 10.1. The van der Waals surface area contributed by atoms with Crippen molar-refractivity contribution < 1.29 is 23.0 Å². The predicted molar refractivity (Wildman–Crippen MR) is 221 cm³/mol. The van der Waals surface area contributed by atoms with Crippen LogP contribution in [0.2, 0.25) is 0 Å². The summed E-state index contributed by atoms with van der Waals surface area (Å²) in [4.78, 5) is 30.2. The summed E-state index contributed by atoms with van der Waals surface area (Å²) in [6, 6.07) is 33.6. The first-order valence-corrected chi connectivity index (χ1v) is 17.6. The molecule has 2 aromatic heterocycles. The van der Waals surface area contributed by atoms with Crippen LogP contribution < -0.4 is 30.5 Å². The molecule has 3 heterocycles. The van der Waals surface area contributed by atoms with Gasteiger partial charge in [-0.3, -0.25) is 0 Å². The van der Waals surface area contributed by atoms with Crippen LogP contribution in [-0.2, 0) is 4.74 Å². The van der Waals surface area contributed by atoms with E-state index in [0.717, 1.165) is 28.1 Å². The number of hydrogen-bond donors (Lipinski definition) is 0. The van der Waals surface area contributed by atoms with E-state index in [9.17, 15) is 20.1 Å². The van der Waals surface area contributed by atoms with Gasteiger partial charge in [0.25, 0.3) is 0 Å². The van der Waals surface area contributed by atoms with E-state index in [1.165, 1.54) is 24.3 Å². The highest BCUT2D eigenvalue weighted by molar-refractivity contribution is 5.87. The zero-order valence-corrected chi connectivity index (χ0v) is 31.3. The minimum Gasteiger partial charge on any atom is -0.497 e. The fourth-order valence-electron chi connectivity index (χ4n) is 6.14. The molecule has 0 amide bonds. The Labute approximate surface area is 327 Å². The molecule has 0 saturated heterocycles. The van der Waals surface area contributed by atoms with Crippen LogP contribution in [0.3, 0.4) is 0 Å². The van der Waals surface area contributed by atoms with Crippen LogP contribution in [0.25, 0.3) is 34.1 Å². The summed E-state index contributed by atoms with van der Waals surface area (Å²) in [6.07, 6.45) is 9.20. The van der Waals surface area contributed by atoms with Crippen LogP contribution in [-0.4, -0.2) is 28.3 Å². The van der Waals surface area contributed by atoms with Gasteiger partial charge in [-0.1, -0.05) is 0 Å². The largest absolute Gasteiger partial charge is 0.497 e. The summed E-state index contributed by atoms with van der Waals surface area (Å²) in [6.45, 7) is 0. The molecule has 57 heavy (non-hydrogen) atoms. The Hall–Kier alpha value is -8.02. The minimum atomic E-state index is -0.588. The first-order valence-electron chi connectivity index (χ1n) is 17.6. The fraction of sp³-hybridized carbons (Fsp3) is 0.0870. The predicted octanol–water partition coefficient (Wildman–Crippen LogP) is 9.32. The second-order valence-corrected chi connectivity index (χ2v) is 13.0. The molecule has 1 aliphatic rings. The molecule has 7 rings (SSSR count). The topological polar surface area (TPSA) is 142 Å². The first-order chi connectivity index (χ1) is 27.7. The SMILES string of the molecule is COc1ccc(N(c2ccc(OC)cc2)c2ccc3cc(/C=C/C4=CC(=C(C#N)C#N)C=C(/C=C/c5cc6ccc(N(C)C)cc6oc5=O)O4)c(=O)oc3c2)cc1. The van der Waals surface area contributed by atoms with E-state index in [1.54, 1.807) is 50.6 Å². The number of allylic oxidation sites excluding steroid dienone is 6. The van der Waals surface area contributed by atoms with Gasteiger partial charge in [-0.15, -0.1) is 0 Å². The third-order valence-electron chi connectivity index (χ3n) is 9.13. The molecule has 1 aliphatic heterocycles. The van der Waals surface area contributed by atoms with E-state index in [-0.39, 0.29) is 28.2 Å². The van der Waals surface area contributed by atoms with Crippen molar-refractivity contribution in [2.45, 2.75) is 0 Å². The van der Waals surface area contributed by atoms with E-state index >= 15 is 0 Å². The number of fused-ring (bicyclic) bond motifs is 2. The molecular formula is C46H34N4O7. The second kappa shape index (κ2) is 16.1. The molecule has 280 valence electrons. The third-order valence-corrected chi connectivity index (χ3v) is 9.13. The van der Waals surface area contributed by atoms with Gasteiger partial charge in [-0.2, -0.15) is 10.5 Å². The monoisotopic (exact) mass is 754 g/mol. The molecule has 0 saturated carbocycles. The van der Waals surface area contributed by atoms with Crippen molar-refractivity contribution in [2.75, 3.05) is 38.1 Å². The lowest BCUT2D eigenvalue weighted by Gasteiger charge is -2.26. The van der Waals surface area contributed by atoms with Gasteiger partial charge >= 0.3 is 11.3 Å². The number of anilines is 4. The highest BCUT2D eigenvalue weighted by Gasteiger charge is 2.16. The van der Waals surface area contributed by atoms with Crippen LogP contribution in [0.15, 0.2) is 162 Å². The summed E-state index contributed by atoms with van der Waals surface area (Å²) >= 11 is 0. The molecule has 0 unspecified atom stereocenters. The van der Waals surface area contributed by atoms with E-state index in [1.807, 2.05) is 109 Å². The molecule has 0 atom stereocenters. The van der Waals surface area contributed by atoms with E-state index in [2.05, 4.69) is 0 Å². The summed E-state index contributed by atoms with van der Waals surface area (Å²) in [5.74, 6) is 1.91. The number of ether oxygens (including phenoxy) is 3. The van der Waals surface area contributed by atoms with Crippen molar-refractivity contribution in [1.82, 2.24) is 0 Å². The number of benzene rings is 4. The molecule has 0 bridgehead atoms. The molecular weight excluding hydrogens is 721 g/mol. The maximum absolute atomic E-state index is 13.4. The minimum absolute atomic E-state index is 0.142. The summed E-state index contributed by atoms with van der Waals surface area (Å²) < 4.78 is 28.2. The fourth-order valence-corrected chi connectivity index (χ4v) is 6.14. The van der Waals surface area contributed by atoms with Crippen molar-refractivity contribution in [3.05, 3.63) is 176 Å². The van der Waals surface area contributed by atoms with E-state index in [4.69, 9.17) is 23.0 Å². The second-order valence-electron chi connectivity index (χ2n) is 13.0. The lowest BCUT2D eigenvalue weighted by molar-refractivity contribution is 0.332. The Kier molecular flexibility index (Phi) is 10.6. The third kappa shape index (κ3) is 8.09. The van der Waals surface area contributed by atoms with E-state index < -0.39 is 11.3 Å². The molecule has 0 radical (unpaired) electrons. The molecule has 0 N–H and O–H groups in total. The number of methoxy groups -OCH3 is 2. The molecule has 11 heteroatoms. The van der Waals surface area contributed by atoms with Crippen molar-refractivity contribution in [2.24, 2.45) is 0 Å². The number of rotatable bonds is 10. The zero-order chi connectivity index (χ0) is 40.1. The smallest absolute Gasteiger partial charge is 0.343 e. The Morgan fingerprint density at radius 3 is 1.47 bits per heavy atom. The molecule has 4 aromatic carbocycles. The number of hydrogen-bond acceptors (Lipinski definition) is 11. The van der Waals surface area contributed by atoms with Crippen LogP contribution in [0, 0.1) is 22.7 Å². The molecule has 0 aliphatic carbocycles. The molecule has 0 spiro atoms. The highest BCUT2D eigenvalue weighted by atomic mass is 16.5. The molecule has 6 aromatic rings. The van der Waals surface area contributed by atoms with Gasteiger partial charge in [0.15, 0.2) is 0 Å². The summed E-state index contributed by atoms with van der Waals surface area (Å²) in [7, 11) is 7.02. The average molecular weight is 755 g/mol. The summed E-state index contributed by atoms with van der Waals surface area (Å²) in [5.41, 5.74) is 3.72. The van der Waals surface area contributed by atoms with E-state index in [0.29, 0.717) is 33.6 Å². The van der Waals surface area contributed by atoms with Gasteiger partial charge in [0, 0.05) is 65.3 Å². The van der Waals surface area contributed by atoms with Gasteiger partial charge in [0.1, 0.15) is 51.9 Å². The highest BCUT2D eigenvalue weighted by Crippen LogP contribution is 2.37. The average Bonchev–Trinajstić information content (AvgIpc) is 3.23. The van der Waals surface area contributed by atoms with Crippen LogP contribution in [0.4, 0.5) is 22.7 Å². The lowest BCUT2D eigenvalue weighted by Crippen LogP contribution is -2.10. The van der Waals surface area contributed by atoms with Crippen molar-refractivity contribution in [3.8, 4) is 23.6 Å². The Bertz CT molecular complexity index is 2820. The number of nitrogens with zero attached hydrogens (tertiary/aromatic N) is 4. The van der Waals surface area contributed by atoms with Crippen molar-refractivity contribution >= 4 is 56.8 Å². The quantitative estimate of drug-likeness (QED) is 0.0975. The van der Waals surface area contributed by atoms with Gasteiger partial charge in [0.2, 0.25) is 0 Å². The van der Waals surface area contributed by atoms with Gasteiger partial charge < -0.3 is 32.8 Å². The molecule has 11 nitrogen and oxygen atoms in total. The zero-order valence-electron chi connectivity index (χ0n) is 31.3. The maximum Gasteiger partial charge on any atom is 0.343 e. The first kappa shape index (κ1) is 37.3. The molecule has 0 fully saturated rings. The van der Waals surface area contributed by atoms with Gasteiger partial charge in [-0.25, -0.2) is 9.59 Å². The number of nitriles is 2.